The quantitative estimate of drug-likeness (QED) is 0.126. The number of aryl methyl sites for hydroxylation is 3. The molecule has 1 saturated heterocycles. The maximum atomic E-state index is 14.3. The molecule has 2 aliphatic rings. The van der Waals surface area contributed by atoms with E-state index in [1.165, 1.54) is 7.11 Å². The number of likely N-dealkylation sites (tertiary alicyclic amines) is 1. The van der Waals surface area contributed by atoms with Crippen molar-refractivity contribution in [3.8, 4) is 21.1 Å². The molecule has 2 aliphatic heterocycles. The zero-order valence-corrected chi connectivity index (χ0v) is 39.1. The summed E-state index contributed by atoms with van der Waals surface area (Å²) in [5.41, 5.74) is 8.58. The lowest BCUT2D eigenvalue weighted by molar-refractivity contribution is -0.142. The van der Waals surface area contributed by atoms with Crippen molar-refractivity contribution in [3.05, 3.63) is 116 Å². The number of fused-ring (bicyclic) bond motifs is 3. The van der Waals surface area contributed by atoms with Crippen molar-refractivity contribution in [2.24, 2.45) is 10.4 Å². The number of aromatic nitrogens is 6. The monoisotopic (exact) mass is 900 g/mol. The number of nitrogens with one attached hydrogen (secondary N) is 2. The van der Waals surface area contributed by atoms with Crippen molar-refractivity contribution in [3.63, 3.8) is 0 Å². The number of nitrogens with zero attached hydrogens (tertiary/aromatic N) is 8. The van der Waals surface area contributed by atoms with E-state index in [-0.39, 0.29) is 30.0 Å². The van der Waals surface area contributed by atoms with Crippen LogP contribution in [-0.2, 0) is 19.1 Å². The van der Waals surface area contributed by atoms with Gasteiger partial charge in [-0.25, -0.2) is 9.67 Å². The van der Waals surface area contributed by atoms with Crippen LogP contribution in [0, 0.1) is 33.1 Å². The molecule has 8 rings (SSSR count). The number of esters is 1. The largest absolute Gasteiger partial charge is 0.469 e. The Kier molecular flexibility index (Phi) is 12.2. The van der Waals surface area contributed by atoms with E-state index in [9.17, 15) is 19.2 Å². The Balaban J connectivity index is 0.968. The number of benzene rings is 2. The number of hydrogen-bond acceptors (Lipinski definition) is 12. The van der Waals surface area contributed by atoms with Crippen LogP contribution in [0.1, 0.15) is 114 Å². The SMILES string of the molecule is COC(=O)C[C@@H]1N=C(c2ccc(-n3ccc(C(=O)NC(C(=O)N4CCC[C@H]4C(=O)N[C@@H](C)c4ccc(-c5scnc5C)cc4)C(C)(C)C)n3)cc2)c2c(sc(C)c2C)-n2c(C)nnc21. The van der Waals surface area contributed by atoms with Gasteiger partial charge >= 0.3 is 5.97 Å². The molecule has 0 spiro atoms. The van der Waals surface area contributed by atoms with E-state index in [2.05, 4.69) is 44.8 Å². The van der Waals surface area contributed by atoms with Crippen LogP contribution in [0.2, 0.25) is 0 Å². The summed E-state index contributed by atoms with van der Waals surface area (Å²) in [6.07, 6.45) is 2.90. The fourth-order valence-electron chi connectivity index (χ4n) is 8.34. The zero-order valence-electron chi connectivity index (χ0n) is 37.4. The van der Waals surface area contributed by atoms with E-state index in [1.807, 2.05) is 100 Å². The second-order valence-electron chi connectivity index (χ2n) is 17.5. The first kappa shape index (κ1) is 44.3. The molecular formula is C47H52N10O5S2. The Bertz CT molecular complexity index is 2780. The first-order valence-corrected chi connectivity index (χ1v) is 23.0. The van der Waals surface area contributed by atoms with E-state index in [0.717, 1.165) is 54.0 Å². The molecule has 0 saturated carbocycles. The van der Waals surface area contributed by atoms with Crippen LogP contribution in [0.4, 0.5) is 0 Å². The number of amides is 3. The van der Waals surface area contributed by atoms with Gasteiger partial charge in [0, 0.05) is 28.7 Å². The number of thiophene rings is 1. The van der Waals surface area contributed by atoms with E-state index in [4.69, 9.17) is 9.73 Å². The summed E-state index contributed by atoms with van der Waals surface area (Å²) in [5.74, 6) is -0.166. The standard InChI is InChI=1S/C47H52N10O5S2/c1-25-28(4)64-46-38(25)39(50-35(23-37(58)62-9)42-53-52-29(5)57(42)46)31-16-18-33(19-17-31)56-22-20-34(54-56)43(59)51-41(47(6,7)8)45(61)55-21-10-11-36(55)44(60)49-26(2)30-12-14-32(15-13-30)40-27(3)48-24-63-40/h12-20,22,24,26,35-36,41H,10-11,21,23H2,1-9H3,(H,49,60)(H,51,59)/t26-,35-,36-,41?/m0/s1. The summed E-state index contributed by atoms with van der Waals surface area (Å²) in [5, 5.41) is 20.4. The Labute approximate surface area is 380 Å². The van der Waals surface area contributed by atoms with Gasteiger partial charge in [0.2, 0.25) is 11.8 Å². The van der Waals surface area contributed by atoms with Gasteiger partial charge in [0.05, 0.1) is 47.1 Å². The fourth-order valence-corrected chi connectivity index (χ4v) is 10.4. The highest BCUT2D eigenvalue weighted by molar-refractivity contribution is 7.15. The molecule has 4 atom stereocenters. The molecule has 15 nitrogen and oxygen atoms in total. The average molecular weight is 901 g/mol. The Morgan fingerprint density at radius 1 is 0.938 bits per heavy atom. The molecule has 332 valence electrons. The minimum atomic E-state index is -0.924. The molecular weight excluding hydrogens is 849 g/mol. The number of carbonyl (C=O) groups is 4. The van der Waals surface area contributed by atoms with Gasteiger partial charge in [-0.2, -0.15) is 5.10 Å². The first-order chi connectivity index (χ1) is 30.5. The van der Waals surface area contributed by atoms with Crippen LogP contribution in [0.15, 0.2) is 71.3 Å². The highest BCUT2D eigenvalue weighted by atomic mass is 32.1. The second-order valence-corrected chi connectivity index (χ2v) is 19.5. The van der Waals surface area contributed by atoms with Gasteiger partial charge in [-0.15, -0.1) is 32.9 Å². The first-order valence-electron chi connectivity index (χ1n) is 21.3. The normalized spacial score (nSPS) is 16.9. The highest BCUT2D eigenvalue weighted by Crippen LogP contribution is 2.40. The third kappa shape index (κ3) is 8.53. The van der Waals surface area contributed by atoms with Crippen molar-refractivity contribution >= 4 is 52.1 Å². The minimum absolute atomic E-state index is 0.00106. The molecule has 2 N–H and O–H groups in total. The summed E-state index contributed by atoms with van der Waals surface area (Å²) < 4.78 is 8.62. The smallest absolute Gasteiger partial charge is 0.308 e. The van der Waals surface area contributed by atoms with Gasteiger partial charge < -0.3 is 20.3 Å². The summed E-state index contributed by atoms with van der Waals surface area (Å²) in [4.78, 5) is 67.9. The summed E-state index contributed by atoms with van der Waals surface area (Å²) in [6, 6.07) is 14.9. The summed E-state index contributed by atoms with van der Waals surface area (Å²) in [6.45, 7) is 16.0. The molecule has 64 heavy (non-hydrogen) atoms. The van der Waals surface area contributed by atoms with Gasteiger partial charge in [-0.3, -0.25) is 28.7 Å². The number of ether oxygens (including phenoxy) is 1. The minimum Gasteiger partial charge on any atom is -0.469 e. The Morgan fingerprint density at radius 2 is 1.66 bits per heavy atom. The van der Waals surface area contributed by atoms with E-state index >= 15 is 0 Å². The molecule has 1 fully saturated rings. The van der Waals surface area contributed by atoms with Crippen molar-refractivity contribution in [1.82, 2.24) is 45.1 Å². The molecule has 4 aromatic heterocycles. The lowest BCUT2D eigenvalue weighted by Gasteiger charge is -2.35. The molecule has 6 heterocycles. The maximum absolute atomic E-state index is 14.3. The molecule has 1 unspecified atom stereocenters. The molecule has 0 radical (unpaired) electrons. The van der Waals surface area contributed by atoms with Crippen LogP contribution >= 0.6 is 22.7 Å². The highest BCUT2D eigenvalue weighted by Gasteiger charge is 2.42. The van der Waals surface area contributed by atoms with Crippen LogP contribution in [0.3, 0.4) is 0 Å². The van der Waals surface area contributed by atoms with Gasteiger partial charge in [0.25, 0.3) is 5.91 Å². The zero-order chi connectivity index (χ0) is 45.6. The van der Waals surface area contributed by atoms with Crippen molar-refractivity contribution in [2.75, 3.05) is 13.7 Å². The lowest BCUT2D eigenvalue weighted by atomic mass is 9.85. The summed E-state index contributed by atoms with van der Waals surface area (Å²) >= 11 is 3.22. The van der Waals surface area contributed by atoms with E-state index < -0.39 is 35.4 Å². The molecule has 17 heteroatoms. The molecule has 0 aliphatic carbocycles. The summed E-state index contributed by atoms with van der Waals surface area (Å²) in [7, 11) is 1.36. The second kappa shape index (κ2) is 17.7. The third-order valence-electron chi connectivity index (χ3n) is 12.1. The Morgan fingerprint density at radius 3 is 2.33 bits per heavy atom. The van der Waals surface area contributed by atoms with Crippen molar-refractivity contribution in [1.29, 1.82) is 0 Å². The molecule has 2 aromatic carbocycles. The topological polar surface area (TPSA) is 179 Å². The van der Waals surface area contributed by atoms with Gasteiger partial charge in [-0.05, 0) is 87.8 Å². The van der Waals surface area contributed by atoms with E-state index in [0.29, 0.717) is 36.7 Å². The average Bonchev–Trinajstić information content (AvgIpc) is 4.13. The maximum Gasteiger partial charge on any atom is 0.308 e. The number of aliphatic imine (C=N–C) groups is 1. The van der Waals surface area contributed by atoms with Crippen molar-refractivity contribution in [2.45, 2.75) is 98.8 Å². The molecule has 6 aromatic rings. The molecule has 3 amide bonds. The number of rotatable bonds is 11. The Hall–Kier alpha value is -6.33. The third-order valence-corrected chi connectivity index (χ3v) is 14.2. The number of methoxy groups -OCH3 is 1. The number of carbonyl (C=O) groups excluding carboxylic acids is 4. The van der Waals surface area contributed by atoms with Gasteiger partial charge in [0.15, 0.2) is 11.5 Å². The predicted octanol–water partition coefficient (Wildman–Crippen LogP) is 7.34. The number of hydrogen-bond donors (Lipinski definition) is 2. The number of thiazole rings is 1. The van der Waals surface area contributed by atoms with Crippen LogP contribution in [0.5, 0.6) is 0 Å². The van der Waals surface area contributed by atoms with Gasteiger partial charge in [0.1, 0.15) is 29.0 Å². The lowest BCUT2D eigenvalue weighted by Crippen LogP contribution is -2.57. The fraction of sp³-hybridized carbons (Fsp3) is 0.383. The van der Waals surface area contributed by atoms with Crippen molar-refractivity contribution < 1.29 is 23.9 Å². The van der Waals surface area contributed by atoms with Crippen LogP contribution < -0.4 is 10.6 Å². The van der Waals surface area contributed by atoms with Gasteiger partial charge in [-0.1, -0.05) is 57.2 Å². The molecule has 0 bridgehead atoms. The van der Waals surface area contributed by atoms with Crippen LogP contribution in [0.25, 0.3) is 21.1 Å². The van der Waals surface area contributed by atoms with Crippen LogP contribution in [-0.4, -0.2) is 89.6 Å². The predicted molar refractivity (Wildman–Crippen MR) is 246 cm³/mol. The van der Waals surface area contributed by atoms with E-state index in [1.54, 1.807) is 44.5 Å².